The largest absolute Gasteiger partial charge is 0.481 e. The maximum Gasteiger partial charge on any atom is 0.308 e. The molecule has 1 heterocycles. The summed E-state index contributed by atoms with van der Waals surface area (Å²) in [5.41, 5.74) is 2.33. The lowest BCUT2D eigenvalue weighted by molar-refractivity contribution is -0.136. The lowest BCUT2D eigenvalue weighted by Crippen LogP contribution is -1.98. The minimum atomic E-state index is -0.763. The Morgan fingerprint density at radius 1 is 1.40 bits per heavy atom. The second kappa shape index (κ2) is 3.66. The van der Waals surface area contributed by atoms with Crippen LogP contribution in [-0.4, -0.2) is 11.1 Å². The number of thiophene rings is 1. The molecule has 0 atom stereocenters. The molecule has 1 aromatic heterocycles. The summed E-state index contributed by atoms with van der Waals surface area (Å²) in [7, 11) is 0. The van der Waals surface area contributed by atoms with Gasteiger partial charge in [0.25, 0.3) is 0 Å². The van der Waals surface area contributed by atoms with Crippen molar-refractivity contribution in [3.8, 4) is 0 Å². The van der Waals surface area contributed by atoms with E-state index in [0.29, 0.717) is 0 Å². The van der Waals surface area contributed by atoms with Crippen LogP contribution in [0.1, 0.15) is 16.0 Å². The molecule has 1 N–H and O–H groups in total. The normalized spacial score (nSPS) is 10.8. The van der Waals surface area contributed by atoms with E-state index in [-0.39, 0.29) is 6.42 Å². The van der Waals surface area contributed by atoms with E-state index in [0.717, 1.165) is 10.4 Å². The summed E-state index contributed by atoms with van der Waals surface area (Å²) in [6.45, 7) is 4.05. The molecule has 2 rings (SSSR count). The number of hydrogen-bond donors (Lipinski definition) is 1. The van der Waals surface area contributed by atoms with E-state index in [9.17, 15) is 4.79 Å². The van der Waals surface area contributed by atoms with Crippen molar-refractivity contribution in [1.29, 1.82) is 0 Å². The summed E-state index contributed by atoms with van der Waals surface area (Å²) in [4.78, 5) is 11.6. The highest BCUT2D eigenvalue weighted by Crippen LogP contribution is 2.31. The first-order valence-corrected chi connectivity index (χ1v) is 5.60. The first-order chi connectivity index (χ1) is 7.08. The number of carbonyl (C=O) groups is 1. The van der Waals surface area contributed by atoms with Gasteiger partial charge < -0.3 is 5.11 Å². The average Bonchev–Trinajstić information content (AvgIpc) is 2.44. The van der Waals surface area contributed by atoms with E-state index in [4.69, 9.17) is 5.11 Å². The number of carboxylic acid groups (broad SMARTS) is 1. The molecule has 0 radical (unpaired) electrons. The molecule has 0 aliphatic carbocycles. The van der Waals surface area contributed by atoms with E-state index in [1.807, 2.05) is 13.8 Å². The Hall–Kier alpha value is -1.35. The fourth-order valence-electron chi connectivity index (χ4n) is 1.69. The summed E-state index contributed by atoms with van der Waals surface area (Å²) in [5.74, 6) is -0.763. The molecule has 1 aromatic carbocycles. The molecule has 0 saturated carbocycles. The molecule has 3 heteroatoms. The molecule has 0 spiro atoms. The predicted molar refractivity (Wildman–Crippen MR) is 62.6 cm³/mol. The first kappa shape index (κ1) is 10.2. The zero-order chi connectivity index (χ0) is 11.0. The minimum Gasteiger partial charge on any atom is -0.481 e. The number of hydrogen-bond acceptors (Lipinski definition) is 2. The Morgan fingerprint density at radius 2 is 2.13 bits per heavy atom. The van der Waals surface area contributed by atoms with Crippen LogP contribution in [0.5, 0.6) is 0 Å². The van der Waals surface area contributed by atoms with Gasteiger partial charge in [0, 0.05) is 9.58 Å². The van der Waals surface area contributed by atoms with Gasteiger partial charge in [0.2, 0.25) is 0 Å². The maximum absolute atomic E-state index is 10.7. The highest BCUT2D eigenvalue weighted by atomic mass is 32.1. The Bertz CT molecular complexity index is 526. The number of aryl methyl sites for hydroxylation is 2. The fraction of sp³-hybridized carbons (Fsp3) is 0.250. The van der Waals surface area contributed by atoms with E-state index in [1.165, 1.54) is 15.6 Å². The zero-order valence-electron chi connectivity index (χ0n) is 8.70. The molecule has 0 unspecified atom stereocenters. The van der Waals surface area contributed by atoms with Gasteiger partial charge in [-0.15, -0.1) is 11.3 Å². The van der Waals surface area contributed by atoms with Crippen molar-refractivity contribution in [2.45, 2.75) is 20.3 Å². The molecule has 2 aromatic rings. The molecule has 0 fully saturated rings. The maximum atomic E-state index is 10.7. The van der Waals surface area contributed by atoms with Gasteiger partial charge in [-0.3, -0.25) is 4.79 Å². The van der Waals surface area contributed by atoms with E-state index < -0.39 is 5.97 Å². The number of fused-ring (bicyclic) bond motifs is 1. The fourth-order valence-corrected chi connectivity index (χ4v) is 2.87. The van der Waals surface area contributed by atoms with E-state index >= 15 is 0 Å². The number of benzene rings is 1. The average molecular weight is 220 g/mol. The molecular weight excluding hydrogens is 208 g/mol. The van der Waals surface area contributed by atoms with Crippen LogP contribution < -0.4 is 0 Å². The summed E-state index contributed by atoms with van der Waals surface area (Å²) in [5, 5.41) is 9.97. The van der Waals surface area contributed by atoms with Gasteiger partial charge in [-0.1, -0.05) is 17.7 Å². The summed E-state index contributed by atoms with van der Waals surface area (Å²) in [6.07, 6.45) is 0.129. The van der Waals surface area contributed by atoms with Gasteiger partial charge in [-0.2, -0.15) is 0 Å². The lowest BCUT2D eigenvalue weighted by atomic mass is 10.1. The van der Waals surface area contributed by atoms with Crippen LogP contribution in [0.4, 0.5) is 0 Å². The van der Waals surface area contributed by atoms with Crippen LogP contribution in [0.2, 0.25) is 0 Å². The van der Waals surface area contributed by atoms with Crippen molar-refractivity contribution in [2.24, 2.45) is 0 Å². The third kappa shape index (κ3) is 1.88. The van der Waals surface area contributed by atoms with Crippen molar-refractivity contribution >= 4 is 27.4 Å². The molecule has 2 nitrogen and oxygen atoms in total. The Balaban J connectivity index is 2.59. The third-order valence-electron chi connectivity index (χ3n) is 2.50. The van der Waals surface area contributed by atoms with Crippen LogP contribution in [0, 0.1) is 13.8 Å². The molecule has 15 heavy (non-hydrogen) atoms. The zero-order valence-corrected chi connectivity index (χ0v) is 9.52. The van der Waals surface area contributed by atoms with Crippen LogP contribution in [0.3, 0.4) is 0 Å². The minimum absolute atomic E-state index is 0.129. The van der Waals surface area contributed by atoms with E-state index in [2.05, 4.69) is 18.2 Å². The molecule has 0 bridgehead atoms. The van der Waals surface area contributed by atoms with E-state index in [1.54, 1.807) is 11.3 Å². The van der Waals surface area contributed by atoms with Gasteiger partial charge in [0.15, 0.2) is 0 Å². The predicted octanol–water partition coefficient (Wildman–Crippen LogP) is 3.15. The van der Waals surface area contributed by atoms with Crippen molar-refractivity contribution in [3.63, 3.8) is 0 Å². The Morgan fingerprint density at radius 3 is 2.80 bits per heavy atom. The number of carboxylic acids is 1. The molecular formula is C12H12O2S. The quantitative estimate of drug-likeness (QED) is 0.844. The van der Waals surface area contributed by atoms with Gasteiger partial charge in [-0.05, 0) is 30.9 Å². The van der Waals surface area contributed by atoms with Gasteiger partial charge >= 0.3 is 5.97 Å². The molecule has 0 aliphatic heterocycles. The van der Waals surface area contributed by atoms with Crippen LogP contribution >= 0.6 is 11.3 Å². The van der Waals surface area contributed by atoms with Crippen molar-refractivity contribution < 1.29 is 9.90 Å². The summed E-state index contributed by atoms with van der Waals surface area (Å²) >= 11 is 1.58. The topological polar surface area (TPSA) is 37.3 Å². The highest BCUT2D eigenvalue weighted by molar-refractivity contribution is 7.19. The monoisotopic (exact) mass is 220 g/mol. The Kier molecular flexibility index (Phi) is 2.49. The number of rotatable bonds is 2. The van der Waals surface area contributed by atoms with Crippen LogP contribution in [0.15, 0.2) is 18.2 Å². The summed E-state index contributed by atoms with van der Waals surface area (Å²) in [6, 6.07) is 6.24. The first-order valence-electron chi connectivity index (χ1n) is 4.78. The second-order valence-electron chi connectivity index (χ2n) is 3.72. The molecule has 0 saturated heterocycles. The summed E-state index contributed by atoms with van der Waals surface area (Å²) < 4.78 is 1.18. The highest BCUT2D eigenvalue weighted by Gasteiger charge is 2.10. The van der Waals surface area contributed by atoms with Crippen molar-refractivity contribution in [2.75, 3.05) is 0 Å². The Labute approximate surface area is 92.2 Å². The van der Waals surface area contributed by atoms with Crippen molar-refractivity contribution in [3.05, 3.63) is 34.2 Å². The van der Waals surface area contributed by atoms with Gasteiger partial charge in [-0.25, -0.2) is 0 Å². The van der Waals surface area contributed by atoms with Gasteiger partial charge in [0.1, 0.15) is 0 Å². The third-order valence-corrected chi connectivity index (χ3v) is 3.78. The van der Waals surface area contributed by atoms with Crippen LogP contribution in [0.25, 0.3) is 10.1 Å². The van der Waals surface area contributed by atoms with Crippen LogP contribution in [-0.2, 0) is 11.2 Å². The smallest absolute Gasteiger partial charge is 0.308 e. The van der Waals surface area contributed by atoms with Gasteiger partial charge in [0.05, 0.1) is 6.42 Å². The standard InChI is InChI=1S/C12H12O2S/c1-7-3-4-10-9(5-7)8(2)11(15-10)6-12(13)14/h3-5H,6H2,1-2H3,(H,13,14). The van der Waals surface area contributed by atoms with Crippen molar-refractivity contribution in [1.82, 2.24) is 0 Å². The second-order valence-corrected chi connectivity index (χ2v) is 4.86. The molecule has 0 amide bonds. The SMILES string of the molecule is Cc1ccc2sc(CC(=O)O)c(C)c2c1. The molecule has 78 valence electrons. The lowest BCUT2D eigenvalue weighted by Gasteiger charge is -1.95. The number of aliphatic carboxylic acids is 1. The molecule has 0 aliphatic rings.